The Morgan fingerprint density at radius 1 is 1.50 bits per heavy atom. The van der Waals surface area contributed by atoms with Crippen molar-refractivity contribution in [3.63, 3.8) is 0 Å². The highest BCUT2D eigenvalue weighted by Crippen LogP contribution is 2.20. The second-order valence-corrected chi connectivity index (χ2v) is 3.33. The highest BCUT2D eigenvalue weighted by Gasteiger charge is 2.17. The first kappa shape index (κ1) is 10.8. The number of aromatic carboxylic acids is 1. The lowest BCUT2D eigenvalue weighted by atomic mass is 10.0. The molecule has 0 radical (unpaired) electrons. The molecule has 1 N–H and O–H groups in total. The van der Waals surface area contributed by atoms with Gasteiger partial charge in [0.25, 0.3) is 0 Å². The Bertz CT molecular complexity index is 312. The summed E-state index contributed by atoms with van der Waals surface area (Å²) in [7, 11) is 0. The maximum absolute atomic E-state index is 10.8. The number of carboxylic acid groups (broad SMARTS) is 1. The molecule has 1 aromatic rings. The van der Waals surface area contributed by atoms with Gasteiger partial charge in [-0.2, -0.15) is 0 Å². The third-order valence-corrected chi connectivity index (χ3v) is 2.33. The molecule has 0 spiro atoms. The van der Waals surface area contributed by atoms with Gasteiger partial charge in [-0.1, -0.05) is 20.3 Å². The van der Waals surface area contributed by atoms with Crippen molar-refractivity contribution >= 4 is 5.97 Å². The minimum atomic E-state index is -0.968. The molecule has 0 atom stereocenters. The van der Waals surface area contributed by atoms with Crippen molar-refractivity contribution in [1.29, 1.82) is 0 Å². The quantitative estimate of drug-likeness (QED) is 0.787. The third kappa shape index (κ3) is 2.16. The van der Waals surface area contributed by atoms with Crippen molar-refractivity contribution in [3.8, 4) is 0 Å². The summed E-state index contributed by atoms with van der Waals surface area (Å²) >= 11 is 0. The second kappa shape index (κ2) is 4.84. The molecule has 1 rings (SSSR count). The molecule has 1 heterocycles. The Hall–Kier alpha value is -1.25. The standard InChI is InChI=1S/C11H16O3/c1-3-5-6-8-7-14-10(11(12)13)9(8)4-2/h7H,3-6H2,1-2H3,(H,12,13). The van der Waals surface area contributed by atoms with Crippen LogP contribution in [0.4, 0.5) is 0 Å². The topological polar surface area (TPSA) is 50.4 Å². The number of hydrogen-bond acceptors (Lipinski definition) is 2. The van der Waals surface area contributed by atoms with Crippen LogP contribution in [0, 0.1) is 0 Å². The zero-order valence-electron chi connectivity index (χ0n) is 8.67. The van der Waals surface area contributed by atoms with E-state index in [0.717, 1.165) is 36.8 Å². The molecule has 3 nitrogen and oxygen atoms in total. The van der Waals surface area contributed by atoms with E-state index in [4.69, 9.17) is 9.52 Å². The number of furan rings is 1. The van der Waals surface area contributed by atoms with Gasteiger partial charge in [-0.3, -0.25) is 0 Å². The van der Waals surface area contributed by atoms with Gasteiger partial charge in [0, 0.05) is 5.56 Å². The van der Waals surface area contributed by atoms with Crippen LogP contribution in [0.3, 0.4) is 0 Å². The third-order valence-electron chi connectivity index (χ3n) is 2.33. The molecule has 0 aliphatic carbocycles. The van der Waals surface area contributed by atoms with Gasteiger partial charge >= 0.3 is 5.97 Å². The Morgan fingerprint density at radius 2 is 2.21 bits per heavy atom. The zero-order chi connectivity index (χ0) is 10.6. The van der Waals surface area contributed by atoms with Crippen LogP contribution in [0.25, 0.3) is 0 Å². The lowest BCUT2D eigenvalue weighted by Crippen LogP contribution is -1.99. The Balaban J connectivity index is 2.89. The van der Waals surface area contributed by atoms with Crippen LogP contribution in [0.2, 0.25) is 0 Å². The van der Waals surface area contributed by atoms with E-state index in [-0.39, 0.29) is 5.76 Å². The normalized spacial score (nSPS) is 10.4. The van der Waals surface area contributed by atoms with Gasteiger partial charge in [0.15, 0.2) is 0 Å². The smallest absolute Gasteiger partial charge is 0.372 e. The summed E-state index contributed by atoms with van der Waals surface area (Å²) in [5.74, 6) is -0.858. The van der Waals surface area contributed by atoms with Crippen LogP contribution in [0.15, 0.2) is 10.7 Å². The van der Waals surface area contributed by atoms with Crippen LogP contribution in [-0.2, 0) is 12.8 Å². The lowest BCUT2D eigenvalue weighted by Gasteiger charge is -1.99. The number of carbonyl (C=O) groups is 1. The van der Waals surface area contributed by atoms with Gasteiger partial charge in [0.1, 0.15) is 0 Å². The van der Waals surface area contributed by atoms with E-state index in [9.17, 15) is 4.79 Å². The monoisotopic (exact) mass is 196 g/mol. The van der Waals surface area contributed by atoms with Gasteiger partial charge in [0.05, 0.1) is 6.26 Å². The highest BCUT2D eigenvalue weighted by molar-refractivity contribution is 5.86. The van der Waals surface area contributed by atoms with Crippen molar-refractivity contribution in [1.82, 2.24) is 0 Å². The number of hydrogen-bond donors (Lipinski definition) is 1. The first-order valence-corrected chi connectivity index (χ1v) is 5.03. The Kier molecular flexibility index (Phi) is 3.74. The molecule has 1 aromatic heterocycles. The van der Waals surface area contributed by atoms with Crippen LogP contribution in [0.1, 0.15) is 48.4 Å². The summed E-state index contributed by atoms with van der Waals surface area (Å²) in [4.78, 5) is 10.8. The molecule has 0 aromatic carbocycles. The van der Waals surface area contributed by atoms with Crippen molar-refractivity contribution in [2.75, 3.05) is 0 Å². The molecular weight excluding hydrogens is 180 g/mol. The molecule has 14 heavy (non-hydrogen) atoms. The molecule has 0 bridgehead atoms. The van der Waals surface area contributed by atoms with Crippen molar-refractivity contribution < 1.29 is 14.3 Å². The first-order chi connectivity index (χ1) is 6.70. The van der Waals surface area contributed by atoms with E-state index in [1.807, 2.05) is 6.92 Å². The van der Waals surface area contributed by atoms with Crippen LogP contribution >= 0.6 is 0 Å². The van der Waals surface area contributed by atoms with Gasteiger partial charge in [-0.25, -0.2) is 4.79 Å². The molecule has 0 aliphatic heterocycles. The fourth-order valence-corrected chi connectivity index (χ4v) is 1.56. The Morgan fingerprint density at radius 3 is 2.71 bits per heavy atom. The molecule has 0 saturated carbocycles. The predicted octanol–water partition coefficient (Wildman–Crippen LogP) is 2.88. The molecule has 0 fully saturated rings. The maximum Gasteiger partial charge on any atom is 0.372 e. The summed E-state index contributed by atoms with van der Waals surface area (Å²) in [6.07, 6.45) is 5.40. The summed E-state index contributed by atoms with van der Waals surface area (Å²) in [5, 5.41) is 8.84. The average molecular weight is 196 g/mol. The fourth-order valence-electron chi connectivity index (χ4n) is 1.56. The second-order valence-electron chi connectivity index (χ2n) is 3.33. The maximum atomic E-state index is 10.8. The number of rotatable bonds is 5. The largest absolute Gasteiger partial charge is 0.475 e. The number of carboxylic acids is 1. The predicted molar refractivity (Wildman–Crippen MR) is 53.7 cm³/mol. The van der Waals surface area contributed by atoms with E-state index >= 15 is 0 Å². The van der Waals surface area contributed by atoms with Crippen molar-refractivity contribution in [2.24, 2.45) is 0 Å². The van der Waals surface area contributed by atoms with Crippen LogP contribution in [-0.4, -0.2) is 11.1 Å². The molecule has 0 unspecified atom stereocenters. The van der Waals surface area contributed by atoms with Gasteiger partial charge < -0.3 is 9.52 Å². The van der Waals surface area contributed by atoms with Crippen LogP contribution in [0.5, 0.6) is 0 Å². The van der Waals surface area contributed by atoms with Gasteiger partial charge in [-0.05, 0) is 24.8 Å². The highest BCUT2D eigenvalue weighted by atomic mass is 16.4. The summed E-state index contributed by atoms with van der Waals surface area (Å²) in [6, 6.07) is 0. The van der Waals surface area contributed by atoms with Gasteiger partial charge in [-0.15, -0.1) is 0 Å². The van der Waals surface area contributed by atoms with E-state index in [0.29, 0.717) is 0 Å². The van der Waals surface area contributed by atoms with Gasteiger partial charge in [0.2, 0.25) is 5.76 Å². The van der Waals surface area contributed by atoms with Crippen LogP contribution < -0.4 is 0 Å². The zero-order valence-corrected chi connectivity index (χ0v) is 8.67. The lowest BCUT2D eigenvalue weighted by molar-refractivity contribution is 0.0661. The minimum Gasteiger partial charge on any atom is -0.475 e. The average Bonchev–Trinajstić information content (AvgIpc) is 2.57. The molecule has 0 saturated heterocycles. The van der Waals surface area contributed by atoms with Crippen molar-refractivity contribution in [2.45, 2.75) is 39.5 Å². The minimum absolute atomic E-state index is 0.110. The summed E-state index contributed by atoms with van der Waals surface area (Å²) in [5.41, 5.74) is 1.90. The van der Waals surface area contributed by atoms with Crippen molar-refractivity contribution in [3.05, 3.63) is 23.2 Å². The van der Waals surface area contributed by atoms with E-state index < -0.39 is 5.97 Å². The molecule has 0 aliphatic rings. The summed E-state index contributed by atoms with van der Waals surface area (Å²) in [6.45, 7) is 4.07. The molecule has 3 heteroatoms. The SMILES string of the molecule is CCCCc1coc(C(=O)O)c1CC. The number of aryl methyl sites for hydroxylation is 1. The number of unbranched alkanes of at least 4 members (excludes halogenated alkanes) is 1. The fraction of sp³-hybridized carbons (Fsp3) is 0.545. The van der Waals surface area contributed by atoms with E-state index in [1.54, 1.807) is 6.26 Å². The molecular formula is C11H16O3. The van der Waals surface area contributed by atoms with E-state index in [1.165, 1.54) is 0 Å². The first-order valence-electron chi connectivity index (χ1n) is 5.03. The molecule has 0 amide bonds. The molecule has 78 valence electrons. The Labute approximate surface area is 83.7 Å². The summed E-state index contributed by atoms with van der Waals surface area (Å²) < 4.78 is 5.05. The van der Waals surface area contributed by atoms with E-state index in [2.05, 4.69) is 6.92 Å².